The molecule has 104 valence electrons. The molecule has 0 aliphatic carbocycles. The highest BCUT2D eigenvalue weighted by Crippen LogP contribution is 2.22. The number of carbonyl (C=O) groups is 3. The van der Waals surface area contributed by atoms with Gasteiger partial charge in [-0.2, -0.15) is 0 Å². The molecule has 8 nitrogen and oxygen atoms in total. The molecule has 0 saturated carbocycles. The third-order valence-corrected chi connectivity index (χ3v) is 3.18. The fourth-order valence-corrected chi connectivity index (χ4v) is 1.93. The maximum atomic E-state index is 11.5. The van der Waals surface area contributed by atoms with Gasteiger partial charge in [0.15, 0.2) is 12.8 Å². The molecule has 19 heavy (non-hydrogen) atoms. The van der Waals surface area contributed by atoms with Gasteiger partial charge in [-0.25, -0.2) is 9.53 Å². The standard InChI is InChI=1S/C11H14N2O6/c1-11(5-2-6-12(11)17)7-18-10(16)19-13-8(14)3-4-9(13)15/h6H,2-5,7H2,1H3. The number of imide groups is 1. The first kappa shape index (κ1) is 13.3. The largest absolute Gasteiger partial charge is 0.624 e. The number of carbonyl (C=O) groups excluding carboxylic acids is 3. The molecule has 0 radical (unpaired) electrons. The number of amides is 2. The van der Waals surface area contributed by atoms with Crippen molar-refractivity contribution in [2.24, 2.45) is 0 Å². The summed E-state index contributed by atoms with van der Waals surface area (Å²) in [5.74, 6) is -1.15. The summed E-state index contributed by atoms with van der Waals surface area (Å²) in [5, 5.41) is 11.9. The molecule has 2 rings (SSSR count). The quantitative estimate of drug-likeness (QED) is 0.317. The minimum Gasteiger partial charge on any atom is -0.624 e. The minimum atomic E-state index is -1.16. The number of rotatable bonds is 3. The second-order valence-corrected chi connectivity index (χ2v) is 4.76. The Morgan fingerprint density at radius 3 is 2.63 bits per heavy atom. The number of ether oxygens (including phenoxy) is 1. The summed E-state index contributed by atoms with van der Waals surface area (Å²) in [6.45, 7) is 1.49. The van der Waals surface area contributed by atoms with Gasteiger partial charge in [0.1, 0.15) is 0 Å². The van der Waals surface area contributed by atoms with Crippen molar-refractivity contribution in [3.05, 3.63) is 5.21 Å². The Kier molecular flexibility index (Phi) is 3.41. The normalized spacial score (nSPS) is 26.6. The van der Waals surface area contributed by atoms with Gasteiger partial charge in [-0.05, 0) is 0 Å². The SMILES string of the molecule is CC1(COC(=O)ON2C(=O)CCC2=O)CCC=[N+]1[O-]. The Balaban J connectivity index is 1.84. The van der Waals surface area contributed by atoms with Crippen molar-refractivity contribution >= 4 is 24.2 Å². The topological polar surface area (TPSA) is 99.0 Å². The van der Waals surface area contributed by atoms with Gasteiger partial charge in [0.2, 0.25) is 5.54 Å². The van der Waals surface area contributed by atoms with Crippen LogP contribution in [0, 0.1) is 5.21 Å². The number of hydrogen-bond acceptors (Lipinski definition) is 6. The first-order valence-corrected chi connectivity index (χ1v) is 5.93. The number of hydrogen-bond donors (Lipinski definition) is 0. The van der Waals surface area contributed by atoms with E-state index in [2.05, 4.69) is 4.84 Å². The molecule has 2 heterocycles. The van der Waals surface area contributed by atoms with E-state index in [1.54, 1.807) is 6.92 Å². The zero-order valence-corrected chi connectivity index (χ0v) is 10.5. The molecule has 1 fully saturated rings. The van der Waals surface area contributed by atoms with Crippen LogP contribution in [0.3, 0.4) is 0 Å². The zero-order valence-electron chi connectivity index (χ0n) is 10.5. The molecule has 0 aromatic heterocycles. The fraction of sp³-hybridized carbons (Fsp3) is 0.636. The van der Waals surface area contributed by atoms with E-state index in [1.165, 1.54) is 6.21 Å². The van der Waals surface area contributed by atoms with E-state index in [4.69, 9.17) is 4.74 Å². The molecular weight excluding hydrogens is 256 g/mol. The number of nitrogens with zero attached hydrogens (tertiary/aromatic N) is 2. The van der Waals surface area contributed by atoms with E-state index in [0.29, 0.717) is 17.9 Å². The Labute approximate surface area is 109 Å². The smallest absolute Gasteiger partial charge is 0.534 e. The molecule has 2 amide bonds. The molecule has 0 bridgehead atoms. The summed E-state index contributed by atoms with van der Waals surface area (Å²) in [4.78, 5) is 38.3. The lowest BCUT2D eigenvalue weighted by atomic mass is 10.0. The van der Waals surface area contributed by atoms with E-state index >= 15 is 0 Å². The number of hydroxylamine groups is 3. The Hall–Kier alpha value is -2.12. The molecule has 8 heteroatoms. The lowest BCUT2D eigenvalue weighted by Gasteiger charge is -2.22. The van der Waals surface area contributed by atoms with Crippen LogP contribution in [-0.4, -0.2) is 46.1 Å². The summed E-state index contributed by atoms with van der Waals surface area (Å²) >= 11 is 0. The highest BCUT2D eigenvalue weighted by atomic mass is 16.8. The van der Waals surface area contributed by atoms with Crippen molar-refractivity contribution in [3.63, 3.8) is 0 Å². The lowest BCUT2D eigenvalue weighted by molar-refractivity contribution is -0.536. The Morgan fingerprint density at radius 2 is 2.11 bits per heavy atom. The lowest BCUT2D eigenvalue weighted by Crippen LogP contribution is -2.40. The maximum absolute atomic E-state index is 11.5. The summed E-state index contributed by atoms with van der Waals surface area (Å²) in [7, 11) is 0. The second kappa shape index (κ2) is 4.87. The molecule has 0 spiro atoms. The predicted molar refractivity (Wildman–Crippen MR) is 60.9 cm³/mol. The molecule has 2 aliphatic heterocycles. The molecular formula is C11H14N2O6. The average molecular weight is 270 g/mol. The van der Waals surface area contributed by atoms with Gasteiger partial charge < -0.3 is 9.94 Å². The molecule has 2 aliphatic rings. The first-order chi connectivity index (χ1) is 8.92. The van der Waals surface area contributed by atoms with Gasteiger partial charge in [-0.3, -0.25) is 14.4 Å². The highest BCUT2D eigenvalue weighted by Gasteiger charge is 2.39. The van der Waals surface area contributed by atoms with Crippen molar-refractivity contribution in [2.75, 3.05) is 6.61 Å². The Bertz CT molecular complexity index is 444. The van der Waals surface area contributed by atoms with Crippen molar-refractivity contribution in [1.82, 2.24) is 5.06 Å². The third-order valence-electron chi connectivity index (χ3n) is 3.18. The van der Waals surface area contributed by atoms with E-state index in [1.807, 2.05) is 0 Å². The summed E-state index contributed by atoms with van der Waals surface area (Å²) < 4.78 is 5.53. The van der Waals surface area contributed by atoms with Gasteiger partial charge in [0, 0.05) is 32.6 Å². The van der Waals surface area contributed by atoms with Gasteiger partial charge in [0.05, 0.1) is 0 Å². The molecule has 1 atom stereocenters. The zero-order chi connectivity index (χ0) is 14.0. The van der Waals surface area contributed by atoms with E-state index < -0.39 is 23.5 Å². The van der Waals surface area contributed by atoms with Crippen LogP contribution in [0.2, 0.25) is 0 Å². The van der Waals surface area contributed by atoms with Crippen LogP contribution in [0.1, 0.15) is 32.6 Å². The highest BCUT2D eigenvalue weighted by molar-refractivity contribution is 6.01. The molecule has 1 saturated heterocycles. The average Bonchev–Trinajstić information content (AvgIpc) is 2.85. The van der Waals surface area contributed by atoms with Crippen molar-refractivity contribution in [2.45, 2.75) is 38.1 Å². The van der Waals surface area contributed by atoms with Crippen LogP contribution in [-0.2, 0) is 19.2 Å². The predicted octanol–water partition coefficient (Wildman–Crippen LogP) is 0.337. The van der Waals surface area contributed by atoms with E-state index in [0.717, 1.165) is 4.74 Å². The van der Waals surface area contributed by atoms with Gasteiger partial charge in [-0.1, -0.05) is 5.06 Å². The summed E-state index contributed by atoms with van der Waals surface area (Å²) in [5.41, 5.74) is -0.821. The van der Waals surface area contributed by atoms with Crippen molar-refractivity contribution < 1.29 is 28.7 Å². The van der Waals surface area contributed by atoms with Gasteiger partial charge in [-0.15, -0.1) is 0 Å². The van der Waals surface area contributed by atoms with Crippen LogP contribution in [0.25, 0.3) is 0 Å². The molecule has 0 aromatic rings. The third kappa shape index (κ3) is 2.67. The molecule has 1 unspecified atom stereocenters. The van der Waals surface area contributed by atoms with Crippen molar-refractivity contribution in [3.8, 4) is 0 Å². The Morgan fingerprint density at radius 1 is 1.47 bits per heavy atom. The summed E-state index contributed by atoms with van der Waals surface area (Å²) in [6.07, 6.45) is 1.53. The van der Waals surface area contributed by atoms with Crippen LogP contribution >= 0.6 is 0 Å². The maximum Gasteiger partial charge on any atom is 0.534 e. The van der Waals surface area contributed by atoms with E-state index in [-0.39, 0.29) is 19.4 Å². The van der Waals surface area contributed by atoms with Gasteiger partial charge >= 0.3 is 6.16 Å². The fourth-order valence-electron chi connectivity index (χ4n) is 1.93. The monoisotopic (exact) mass is 270 g/mol. The van der Waals surface area contributed by atoms with E-state index in [9.17, 15) is 19.6 Å². The van der Waals surface area contributed by atoms with Crippen LogP contribution in [0.4, 0.5) is 4.79 Å². The summed E-state index contributed by atoms with van der Waals surface area (Å²) in [6, 6.07) is 0. The van der Waals surface area contributed by atoms with Crippen LogP contribution in [0.15, 0.2) is 0 Å². The second-order valence-electron chi connectivity index (χ2n) is 4.76. The molecule has 0 aromatic carbocycles. The molecule has 0 N–H and O–H groups in total. The van der Waals surface area contributed by atoms with Crippen LogP contribution in [0.5, 0.6) is 0 Å². The van der Waals surface area contributed by atoms with Crippen LogP contribution < -0.4 is 0 Å². The minimum absolute atomic E-state index is 0.0210. The first-order valence-electron chi connectivity index (χ1n) is 5.93. The van der Waals surface area contributed by atoms with Crippen molar-refractivity contribution in [1.29, 1.82) is 0 Å². The van der Waals surface area contributed by atoms with Gasteiger partial charge in [0.25, 0.3) is 11.8 Å².